The van der Waals surface area contributed by atoms with Crippen LogP contribution < -0.4 is 5.73 Å². The van der Waals surface area contributed by atoms with E-state index in [0.717, 1.165) is 64.9 Å². The predicted molar refractivity (Wildman–Crippen MR) is 152 cm³/mol. The molecule has 1 saturated heterocycles. The summed E-state index contributed by atoms with van der Waals surface area (Å²) in [7, 11) is 2.22. The second kappa shape index (κ2) is 10.1. The Kier molecular flexibility index (Phi) is 6.25. The molecule has 0 bridgehead atoms. The number of aromatic nitrogens is 5. The van der Waals surface area contributed by atoms with Crippen LogP contribution in [0.1, 0.15) is 43.2 Å². The van der Waals surface area contributed by atoms with Gasteiger partial charge in [0.05, 0.1) is 11.4 Å². The molecule has 1 aliphatic carbocycles. The molecule has 200 valence electrons. The van der Waals surface area contributed by atoms with Crippen LogP contribution >= 0.6 is 0 Å². The maximum absolute atomic E-state index is 6.40. The van der Waals surface area contributed by atoms with Crippen LogP contribution in [-0.2, 0) is 6.42 Å². The summed E-state index contributed by atoms with van der Waals surface area (Å²) < 4.78 is 8.04. The van der Waals surface area contributed by atoms with Crippen molar-refractivity contribution in [1.82, 2.24) is 34.5 Å². The molecule has 0 spiro atoms. The molecule has 9 heteroatoms. The van der Waals surface area contributed by atoms with Gasteiger partial charge in [-0.2, -0.15) is 5.10 Å². The van der Waals surface area contributed by atoms with E-state index < -0.39 is 0 Å². The van der Waals surface area contributed by atoms with Crippen LogP contribution in [0.3, 0.4) is 0 Å². The van der Waals surface area contributed by atoms with E-state index in [4.69, 9.17) is 15.2 Å². The van der Waals surface area contributed by atoms with Gasteiger partial charge in [-0.1, -0.05) is 36.4 Å². The molecule has 0 atom stereocenters. The smallest absolute Gasteiger partial charge is 0.199 e. The SMILES string of the molecule is CN1CCN([C@H]2CC[C@H](n3nc(-c4ccc(Cc5nc6ccccc6o5)cc4)c4c(N)ncnc43)CC2)CC1. The first-order valence-corrected chi connectivity index (χ1v) is 14.0. The number of nitrogens with zero attached hydrogens (tertiary/aromatic N) is 7. The minimum atomic E-state index is 0.317. The highest BCUT2D eigenvalue weighted by Crippen LogP contribution is 2.37. The Bertz CT molecular complexity index is 1560. The van der Waals surface area contributed by atoms with Crippen molar-refractivity contribution < 1.29 is 4.42 Å². The highest BCUT2D eigenvalue weighted by molar-refractivity contribution is 5.98. The molecule has 2 aromatic carbocycles. The van der Waals surface area contributed by atoms with Gasteiger partial charge in [0, 0.05) is 44.2 Å². The van der Waals surface area contributed by atoms with Gasteiger partial charge >= 0.3 is 0 Å². The fourth-order valence-electron chi connectivity index (χ4n) is 6.26. The van der Waals surface area contributed by atoms with E-state index in [2.05, 4.69) is 60.7 Å². The quantitative estimate of drug-likeness (QED) is 0.359. The molecule has 2 aliphatic rings. The van der Waals surface area contributed by atoms with E-state index in [1.165, 1.54) is 25.9 Å². The van der Waals surface area contributed by atoms with Crippen LogP contribution in [0.25, 0.3) is 33.4 Å². The number of fused-ring (bicyclic) bond motifs is 2. The molecule has 0 unspecified atom stereocenters. The number of piperazine rings is 1. The van der Waals surface area contributed by atoms with Crippen LogP contribution in [0.5, 0.6) is 0 Å². The monoisotopic (exact) mass is 522 g/mol. The third kappa shape index (κ3) is 4.66. The van der Waals surface area contributed by atoms with Gasteiger partial charge in [-0.05, 0) is 50.4 Å². The van der Waals surface area contributed by atoms with Gasteiger partial charge in [-0.25, -0.2) is 19.6 Å². The van der Waals surface area contributed by atoms with Crippen molar-refractivity contribution in [1.29, 1.82) is 0 Å². The Morgan fingerprint density at radius 3 is 2.41 bits per heavy atom. The zero-order chi connectivity index (χ0) is 26.3. The first-order valence-electron chi connectivity index (χ1n) is 14.0. The van der Waals surface area contributed by atoms with Crippen molar-refractivity contribution in [2.75, 3.05) is 39.0 Å². The first kappa shape index (κ1) is 24.2. The van der Waals surface area contributed by atoms with Crippen LogP contribution in [0, 0.1) is 0 Å². The number of hydrogen-bond acceptors (Lipinski definition) is 8. The molecular weight excluding hydrogens is 488 g/mol. The second-order valence-corrected chi connectivity index (χ2v) is 11.0. The van der Waals surface area contributed by atoms with Gasteiger partial charge in [-0.15, -0.1) is 0 Å². The summed E-state index contributed by atoms with van der Waals surface area (Å²) in [5.41, 5.74) is 11.9. The fourth-order valence-corrected chi connectivity index (χ4v) is 6.26. The van der Waals surface area contributed by atoms with E-state index in [1.54, 1.807) is 6.33 Å². The lowest BCUT2D eigenvalue weighted by molar-refractivity contribution is 0.0815. The summed E-state index contributed by atoms with van der Waals surface area (Å²) in [6, 6.07) is 17.3. The predicted octanol–water partition coefficient (Wildman–Crippen LogP) is 4.54. The highest BCUT2D eigenvalue weighted by atomic mass is 16.3. The van der Waals surface area contributed by atoms with Crippen LogP contribution in [0.4, 0.5) is 5.82 Å². The van der Waals surface area contributed by atoms with E-state index in [0.29, 0.717) is 30.2 Å². The summed E-state index contributed by atoms with van der Waals surface area (Å²) in [4.78, 5) is 18.7. The van der Waals surface area contributed by atoms with Crippen LogP contribution in [0.15, 0.2) is 59.3 Å². The summed E-state index contributed by atoms with van der Waals surface area (Å²) in [5.74, 6) is 1.19. The minimum Gasteiger partial charge on any atom is -0.440 e. The molecule has 1 aliphatic heterocycles. The molecule has 3 aromatic heterocycles. The minimum absolute atomic E-state index is 0.317. The number of nitrogens with two attached hydrogens (primary N) is 1. The van der Waals surface area contributed by atoms with Gasteiger partial charge in [0.25, 0.3) is 0 Å². The molecule has 2 N–H and O–H groups in total. The van der Waals surface area contributed by atoms with Crippen molar-refractivity contribution in [3.63, 3.8) is 0 Å². The molecule has 0 amide bonds. The third-order valence-corrected chi connectivity index (χ3v) is 8.51. The Hall–Kier alpha value is -3.82. The van der Waals surface area contributed by atoms with E-state index in [9.17, 15) is 0 Å². The number of rotatable bonds is 5. The number of oxazole rings is 1. The van der Waals surface area contributed by atoms with Gasteiger partial charge in [0.15, 0.2) is 17.1 Å². The molecule has 1 saturated carbocycles. The van der Waals surface area contributed by atoms with Gasteiger partial charge < -0.3 is 15.1 Å². The number of nitrogen functional groups attached to an aromatic ring is 1. The molecule has 39 heavy (non-hydrogen) atoms. The number of para-hydroxylation sites is 2. The number of benzene rings is 2. The number of anilines is 1. The lowest BCUT2D eigenvalue weighted by atomic mass is 9.90. The topological polar surface area (TPSA) is 102 Å². The maximum Gasteiger partial charge on any atom is 0.199 e. The Morgan fingerprint density at radius 2 is 1.64 bits per heavy atom. The Balaban J connectivity index is 1.12. The highest BCUT2D eigenvalue weighted by Gasteiger charge is 2.30. The molecule has 4 heterocycles. The molecule has 5 aromatic rings. The van der Waals surface area contributed by atoms with Crippen molar-refractivity contribution in [3.05, 3.63) is 66.3 Å². The molecule has 9 nitrogen and oxygen atoms in total. The lowest BCUT2D eigenvalue weighted by Gasteiger charge is -2.41. The van der Waals surface area contributed by atoms with Crippen LogP contribution in [-0.4, -0.2) is 73.8 Å². The summed E-state index contributed by atoms with van der Waals surface area (Å²) in [5, 5.41) is 5.96. The number of likely N-dealkylation sites (N-methyl/N-ethyl adjacent to an activating group) is 1. The van der Waals surface area contributed by atoms with Crippen LogP contribution in [0.2, 0.25) is 0 Å². The van der Waals surface area contributed by atoms with Gasteiger partial charge in [0.1, 0.15) is 23.4 Å². The average molecular weight is 523 g/mol. The largest absolute Gasteiger partial charge is 0.440 e. The number of hydrogen-bond donors (Lipinski definition) is 1. The van der Waals surface area contributed by atoms with E-state index >= 15 is 0 Å². The Labute approximate surface area is 227 Å². The Morgan fingerprint density at radius 1 is 0.897 bits per heavy atom. The summed E-state index contributed by atoms with van der Waals surface area (Å²) in [6.07, 6.45) is 6.76. The summed E-state index contributed by atoms with van der Waals surface area (Å²) in [6.45, 7) is 4.67. The fraction of sp³-hybridized carbons (Fsp3) is 0.400. The van der Waals surface area contributed by atoms with Crippen molar-refractivity contribution in [2.45, 2.75) is 44.2 Å². The van der Waals surface area contributed by atoms with E-state index in [1.807, 2.05) is 24.3 Å². The maximum atomic E-state index is 6.40. The zero-order valence-corrected chi connectivity index (χ0v) is 22.3. The van der Waals surface area contributed by atoms with Crippen molar-refractivity contribution in [2.24, 2.45) is 0 Å². The molecule has 2 fully saturated rings. The van der Waals surface area contributed by atoms with Crippen molar-refractivity contribution >= 4 is 28.0 Å². The van der Waals surface area contributed by atoms with Gasteiger partial charge in [0.2, 0.25) is 0 Å². The lowest BCUT2D eigenvalue weighted by Crippen LogP contribution is -2.49. The molecule has 0 radical (unpaired) electrons. The van der Waals surface area contributed by atoms with E-state index in [-0.39, 0.29) is 0 Å². The normalized spacial score (nSPS) is 21.2. The van der Waals surface area contributed by atoms with Crippen molar-refractivity contribution in [3.8, 4) is 11.3 Å². The summed E-state index contributed by atoms with van der Waals surface area (Å²) >= 11 is 0. The average Bonchev–Trinajstić information content (AvgIpc) is 3.56. The van der Waals surface area contributed by atoms with Gasteiger partial charge in [-0.3, -0.25) is 4.90 Å². The third-order valence-electron chi connectivity index (χ3n) is 8.51. The zero-order valence-electron chi connectivity index (χ0n) is 22.3. The molecule has 7 rings (SSSR count). The second-order valence-electron chi connectivity index (χ2n) is 11.0. The molecular formula is C30H34N8O. The standard InChI is InChI=1S/C30H34N8O/c1-36-14-16-37(17-15-36)22-10-12-23(13-11-22)38-30-27(29(31)32-19-33-30)28(35-38)21-8-6-20(7-9-21)18-26-34-24-4-2-3-5-25(24)39-26/h2-9,19,22-23H,10-18H2,1H3,(H2,31,32,33)/t22-,23-. The first-order chi connectivity index (χ1) is 19.1.